The first-order valence-electron chi connectivity index (χ1n) is 6.34. The number of hydrogen-bond acceptors (Lipinski definition) is 1. The van der Waals surface area contributed by atoms with Crippen LogP contribution in [0.1, 0.15) is 0 Å². The number of fused-ring (bicyclic) bond motifs is 3. The van der Waals surface area contributed by atoms with Crippen molar-refractivity contribution in [2.75, 3.05) is 0 Å². The Bertz CT molecular complexity index is 807. The smallest absolute Gasteiger partial charge is 0.0541 e. The lowest BCUT2D eigenvalue weighted by Crippen LogP contribution is -1.93. The van der Waals surface area contributed by atoms with Gasteiger partial charge >= 0.3 is 0 Å². The van der Waals surface area contributed by atoms with Crippen LogP contribution in [0, 0.1) is 0 Å². The number of nitrogens with zero attached hydrogens (tertiary/aromatic N) is 2. The van der Waals surface area contributed by atoms with Gasteiger partial charge in [-0.25, -0.2) is 0 Å². The van der Waals surface area contributed by atoms with Crippen LogP contribution in [-0.2, 0) is 0 Å². The number of benzene rings is 2. The minimum atomic E-state index is 1.15. The number of pyridine rings is 1. The van der Waals surface area contributed by atoms with Crippen molar-refractivity contribution in [2.45, 2.75) is 0 Å². The number of aromatic nitrogens is 2. The summed E-state index contributed by atoms with van der Waals surface area (Å²) in [5, 5.41) is 2.57. The normalized spacial score (nSPS) is 11.2. The minimum Gasteiger partial charge on any atom is -0.309 e. The molecule has 2 heterocycles. The Morgan fingerprint density at radius 1 is 0.632 bits per heavy atom. The molecule has 90 valence electrons. The number of para-hydroxylation sites is 2. The van der Waals surface area contributed by atoms with Crippen LogP contribution in [0.2, 0.25) is 0 Å². The highest BCUT2D eigenvalue weighted by Crippen LogP contribution is 2.31. The van der Waals surface area contributed by atoms with Crippen LogP contribution in [0.3, 0.4) is 0 Å². The van der Waals surface area contributed by atoms with Crippen LogP contribution >= 0.6 is 0 Å². The van der Waals surface area contributed by atoms with E-state index >= 15 is 0 Å². The summed E-state index contributed by atoms with van der Waals surface area (Å²) in [5.74, 6) is 0. The van der Waals surface area contributed by atoms with Crippen molar-refractivity contribution in [3.63, 3.8) is 0 Å². The number of rotatable bonds is 1. The van der Waals surface area contributed by atoms with Gasteiger partial charge in [-0.05, 0) is 24.3 Å². The van der Waals surface area contributed by atoms with Gasteiger partial charge in [0.2, 0.25) is 0 Å². The molecule has 2 nitrogen and oxygen atoms in total. The summed E-state index contributed by atoms with van der Waals surface area (Å²) in [6, 6.07) is 21.1. The van der Waals surface area contributed by atoms with E-state index in [0.717, 1.165) is 5.69 Å². The summed E-state index contributed by atoms with van der Waals surface area (Å²) in [6.45, 7) is 0. The molecule has 0 aliphatic carbocycles. The lowest BCUT2D eigenvalue weighted by Gasteiger charge is -2.06. The van der Waals surface area contributed by atoms with E-state index in [1.807, 2.05) is 24.5 Å². The third-order valence-corrected chi connectivity index (χ3v) is 3.50. The van der Waals surface area contributed by atoms with Gasteiger partial charge in [-0.3, -0.25) is 4.98 Å². The van der Waals surface area contributed by atoms with Crippen molar-refractivity contribution in [2.24, 2.45) is 0 Å². The van der Waals surface area contributed by atoms with Crippen LogP contribution in [0.25, 0.3) is 27.5 Å². The quantitative estimate of drug-likeness (QED) is 0.491. The molecule has 19 heavy (non-hydrogen) atoms. The highest BCUT2D eigenvalue weighted by atomic mass is 15.0. The molecular weight excluding hydrogens is 232 g/mol. The molecule has 0 atom stereocenters. The van der Waals surface area contributed by atoms with Crippen molar-refractivity contribution >= 4 is 21.8 Å². The zero-order valence-electron chi connectivity index (χ0n) is 10.3. The van der Waals surface area contributed by atoms with E-state index in [9.17, 15) is 0 Å². The third-order valence-electron chi connectivity index (χ3n) is 3.50. The Morgan fingerprint density at radius 2 is 1.16 bits per heavy atom. The molecule has 0 bridgehead atoms. The predicted molar refractivity (Wildman–Crippen MR) is 78.6 cm³/mol. The van der Waals surface area contributed by atoms with Gasteiger partial charge in [0, 0.05) is 28.9 Å². The topological polar surface area (TPSA) is 17.8 Å². The fraction of sp³-hybridized carbons (Fsp3) is 0. The Labute approximate surface area is 110 Å². The van der Waals surface area contributed by atoms with Crippen LogP contribution in [0.15, 0.2) is 73.1 Å². The Balaban J connectivity index is 2.24. The zero-order chi connectivity index (χ0) is 12.7. The molecule has 0 fully saturated rings. The maximum Gasteiger partial charge on any atom is 0.0541 e. The molecule has 2 aromatic heterocycles. The van der Waals surface area contributed by atoms with Gasteiger partial charge in [-0.15, -0.1) is 0 Å². The molecule has 0 aliphatic rings. The van der Waals surface area contributed by atoms with Crippen molar-refractivity contribution in [1.82, 2.24) is 9.55 Å². The van der Waals surface area contributed by atoms with Gasteiger partial charge in [-0.2, -0.15) is 0 Å². The first kappa shape index (κ1) is 10.3. The molecule has 0 radical (unpaired) electrons. The van der Waals surface area contributed by atoms with Crippen LogP contribution < -0.4 is 0 Å². The molecule has 2 aromatic carbocycles. The monoisotopic (exact) mass is 244 g/mol. The maximum atomic E-state index is 4.10. The molecule has 0 aliphatic heterocycles. The van der Waals surface area contributed by atoms with Crippen molar-refractivity contribution in [3.8, 4) is 5.69 Å². The molecule has 0 spiro atoms. The first-order valence-corrected chi connectivity index (χ1v) is 6.34. The summed E-state index contributed by atoms with van der Waals surface area (Å²) in [7, 11) is 0. The molecule has 0 unspecified atom stereocenters. The standard InChI is InChI=1S/C17H12N2/c1-3-7-16-14(5-1)15-6-2-4-8-17(15)19(16)13-9-11-18-12-10-13/h1-12H. The highest BCUT2D eigenvalue weighted by Gasteiger charge is 2.10. The van der Waals surface area contributed by atoms with Crippen LogP contribution in [-0.4, -0.2) is 9.55 Å². The summed E-state index contributed by atoms with van der Waals surface area (Å²) in [6.07, 6.45) is 3.66. The maximum absolute atomic E-state index is 4.10. The van der Waals surface area contributed by atoms with Gasteiger partial charge in [0.05, 0.1) is 11.0 Å². The van der Waals surface area contributed by atoms with Crippen molar-refractivity contribution in [3.05, 3.63) is 73.1 Å². The zero-order valence-corrected chi connectivity index (χ0v) is 10.3. The van der Waals surface area contributed by atoms with E-state index in [1.165, 1.54) is 21.8 Å². The second-order valence-electron chi connectivity index (χ2n) is 4.58. The van der Waals surface area contributed by atoms with E-state index in [0.29, 0.717) is 0 Å². The van der Waals surface area contributed by atoms with Gasteiger partial charge in [0.25, 0.3) is 0 Å². The number of hydrogen-bond donors (Lipinski definition) is 0. The fourth-order valence-electron chi connectivity index (χ4n) is 2.69. The lowest BCUT2D eigenvalue weighted by atomic mass is 10.2. The molecule has 4 rings (SSSR count). The van der Waals surface area contributed by atoms with Crippen molar-refractivity contribution < 1.29 is 0 Å². The van der Waals surface area contributed by atoms with E-state index < -0.39 is 0 Å². The van der Waals surface area contributed by atoms with E-state index in [4.69, 9.17) is 0 Å². The summed E-state index contributed by atoms with van der Waals surface area (Å²) < 4.78 is 2.28. The van der Waals surface area contributed by atoms with Crippen molar-refractivity contribution in [1.29, 1.82) is 0 Å². The summed E-state index contributed by atoms with van der Waals surface area (Å²) in [4.78, 5) is 4.10. The molecule has 4 aromatic rings. The van der Waals surface area contributed by atoms with Crippen LogP contribution in [0.4, 0.5) is 0 Å². The second-order valence-corrected chi connectivity index (χ2v) is 4.58. The summed E-state index contributed by atoms with van der Waals surface area (Å²) in [5.41, 5.74) is 3.61. The largest absolute Gasteiger partial charge is 0.309 e. The molecule has 0 saturated heterocycles. The predicted octanol–water partition coefficient (Wildman–Crippen LogP) is 4.18. The van der Waals surface area contributed by atoms with E-state index in [2.05, 4.69) is 58.1 Å². The lowest BCUT2D eigenvalue weighted by molar-refractivity contribution is 1.16. The average molecular weight is 244 g/mol. The summed E-state index contributed by atoms with van der Waals surface area (Å²) >= 11 is 0. The molecule has 2 heteroatoms. The minimum absolute atomic E-state index is 1.15. The highest BCUT2D eigenvalue weighted by molar-refractivity contribution is 6.09. The Kier molecular flexibility index (Phi) is 2.15. The second kappa shape index (κ2) is 3.95. The van der Waals surface area contributed by atoms with Gasteiger partial charge in [0.15, 0.2) is 0 Å². The molecule has 0 N–H and O–H groups in total. The van der Waals surface area contributed by atoms with E-state index in [1.54, 1.807) is 0 Å². The van der Waals surface area contributed by atoms with Gasteiger partial charge in [-0.1, -0.05) is 36.4 Å². The molecular formula is C17H12N2. The van der Waals surface area contributed by atoms with Gasteiger partial charge < -0.3 is 4.57 Å². The SMILES string of the molecule is c1ccc2c(c1)c1ccccc1n2-c1ccncc1. The Hall–Kier alpha value is -2.61. The fourth-order valence-corrected chi connectivity index (χ4v) is 2.69. The first-order chi connectivity index (χ1) is 9.45. The van der Waals surface area contributed by atoms with Gasteiger partial charge in [0.1, 0.15) is 0 Å². The Morgan fingerprint density at radius 3 is 1.74 bits per heavy atom. The third kappa shape index (κ3) is 1.47. The molecule has 0 amide bonds. The average Bonchev–Trinajstić information content (AvgIpc) is 2.83. The van der Waals surface area contributed by atoms with E-state index in [-0.39, 0.29) is 0 Å². The van der Waals surface area contributed by atoms with Crippen LogP contribution in [0.5, 0.6) is 0 Å². The molecule has 0 saturated carbocycles.